The van der Waals surface area contributed by atoms with Crippen LogP contribution in [0.3, 0.4) is 0 Å². The predicted molar refractivity (Wildman–Crippen MR) is 138 cm³/mol. The fourth-order valence-electron chi connectivity index (χ4n) is 4.21. The molecule has 1 fully saturated rings. The van der Waals surface area contributed by atoms with Gasteiger partial charge >= 0.3 is 0 Å². The summed E-state index contributed by atoms with van der Waals surface area (Å²) in [6, 6.07) is 16.8. The van der Waals surface area contributed by atoms with Gasteiger partial charge in [-0.15, -0.1) is 22.7 Å². The number of thiophene rings is 2. The fraction of sp³-hybridized carbons (Fsp3) is 0.261. The highest BCUT2D eigenvalue weighted by Crippen LogP contribution is 2.47. The van der Waals surface area contributed by atoms with E-state index in [4.69, 9.17) is 17.3 Å². The third-order valence-electron chi connectivity index (χ3n) is 5.65. The number of nitrogens with two attached hydrogens (primary N) is 1. The second kappa shape index (κ2) is 9.08. The van der Waals surface area contributed by atoms with Crippen LogP contribution in [0.4, 0.5) is 11.4 Å². The molecular formula is C23H22BrClN4S2. The van der Waals surface area contributed by atoms with Gasteiger partial charge in [-0.05, 0) is 52.4 Å². The first kappa shape index (κ1) is 21.2. The van der Waals surface area contributed by atoms with Crippen LogP contribution in [0.5, 0.6) is 0 Å². The van der Waals surface area contributed by atoms with Gasteiger partial charge in [0, 0.05) is 40.6 Å². The number of benzene rings is 1. The Bertz CT molecular complexity index is 1180. The number of aromatic nitrogens is 1. The van der Waals surface area contributed by atoms with Gasteiger partial charge in [0.2, 0.25) is 0 Å². The first-order valence-corrected chi connectivity index (χ1v) is 13.1. The Hall–Kier alpha value is -1.64. The van der Waals surface area contributed by atoms with E-state index in [1.165, 1.54) is 15.4 Å². The molecule has 1 aliphatic rings. The molecule has 1 aliphatic heterocycles. The number of rotatable bonds is 5. The summed E-state index contributed by atoms with van der Waals surface area (Å²) in [5, 5.41) is 6.14. The minimum absolute atomic E-state index is 0.0521. The number of nitrogens with zero attached hydrogens (tertiary/aromatic N) is 2. The molecule has 160 valence electrons. The van der Waals surface area contributed by atoms with E-state index in [1.54, 1.807) is 22.7 Å². The zero-order valence-corrected chi connectivity index (χ0v) is 20.7. The third kappa shape index (κ3) is 4.22. The van der Waals surface area contributed by atoms with Crippen molar-refractivity contribution in [3.8, 4) is 0 Å². The van der Waals surface area contributed by atoms with Crippen LogP contribution in [0.15, 0.2) is 58.4 Å². The molecule has 0 amide bonds. The normalized spacial score (nSPS) is 19.1. The van der Waals surface area contributed by atoms with E-state index < -0.39 is 0 Å². The van der Waals surface area contributed by atoms with Crippen molar-refractivity contribution in [2.24, 2.45) is 5.73 Å². The number of anilines is 2. The molecule has 0 bridgehead atoms. The molecule has 0 radical (unpaired) electrons. The van der Waals surface area contributed by atoms with E-state index in [0.29, 0.717) is 5.15 Å². The Balaban J connectivity index is 1.57. The summed E-state index contributed by atoms with van der Waals surface area (Å²) in [4.78, 5) is 9.57. The van der Waals surface area contributed by atoms with Gasteiger partial charge in [0.15, 0.2) is 0 Å². The van der Waals surface area contributed by atoms with Crippen LogP contribution in [0.2, 0.25) is 5.15 Å². The van der Waals surface area contributed by atoms with Crippen molar-refractivity contribution in [2.75, 3.05) is 16.8 Å². The van der Waals surface area contributed by atoms with E-state index in [9.17, 15) is 0 Å². The Kier molecular flexibility index (Phi) is 6.21. The maximum Gasteiger partial charge on any atom is 0.131 e. The Morgan fingerprint density at radius 3 is 2.84 bits per heavy atom. The number of para-hydroxylation sites is 1. The van der Waals surface area contributed by atoms with Crippen molar-refractivity contribution in [3.63, 3.8) is 0 Å². The Labute approximate surface area is 203 Å². The molecule has 1 aromatic carbocycles. The summed E-state index contributed by atoms with van der Waals surface area (Å²) in [6.07, 6.45) is 2.10. The maximum atomic E-state index is 6.70. The minimum Gasteiger partial charge on any atom is -0.379 e. The fourth-order valence-corrected chi connectivity index (χ4v) is 7.26. The van der Waals surface area contributed by atoms with Crippen molar-refractivity contribution in [1.82, 2.24) is 4.98 Å². The van der Waals surface area contributed by atoms with Gasteiger partial charge in [0.1, 0.15) is 5.15 Å². The van der Waals surface area contributed by atoms with Crippen molar-refractivity contribution in [3.05, 3.63) is 73.3 Å². The molecule has 4 nitrogen and oxygen atoms in total. The molecule has 2 atom stereocenters. The summed E-state index contributed by atoms with van der Waals surface area (Å²) in [5.41, 5.74) is 9.81. The summed E-state index contributed by atoms with van der Waals surface area (Å²) in [6.45, 7) is 1.75. The van der Waals surface area contributed by atoms with E-state index in [1.807, 2.05) is 6.07 Å². The monoisotopic (exact) mass is 532 g/mol. The smallest absolute Gasteiger partial charge is 0.131 e. The first-order valence-electron chi connectivity index (χ1n) is 10.2. The van der Waals surface area contributed by atoms with Crippen molar-refractivity contribution >= 4 is 71.8 Å². The molecule has 4 aromatic rings. The van der Waals surface area contributed by atoms with Crippen LogP contribution in [-0.4, -0.2) is 17.6 Å². The lowest BCUT2D eigenvalue weighted by Gasteiger charge is -2.41. The van der Waals surface area contributed by atoms with E-state index >= 15 is 0 Å². The molecule has 3 N–H and O–H groups in total. The topological polar surface area (TPSA) is 54.2 Å². The molecular weight excluding hydrogens is 512 g/mol. The van der Waals surface area contributed by atoms with Gasteiger partial charge < -0.3 is 16.0 Å². The summed E-state index contributed by atoms with van der Waals surface area (Å²) in [7, 11) is 0. The second-order valence-electron chi connectivity index (χ2n) is 7.66. The van der Waals surface area contributed by atoms with Crippen molar-refractivity contribution in [2.45, 2.75) is 31.5 Å². The molecule has 0 saturated carbocycles. The average Bonchev–Trinajstić information content (AvgIpc) is 3.41. The van der Waals surface area contributed by atoms with Gasteiger partial charge in [-0.1, -0.05) is 35.9 Å². The highest BCUT2D eigenvalue weighted by atomic mass is 79.9. The number of fused-ring (bicyclic) bond motifs is 1. The zero-order chi connectivity index (χ0) is 21.4. The molecule has 0 spiro atoms. The number of nitrogens with one attached hydrogen (secondary N) is 1. The number of hydrogen-bond donors (Lipinski definition) is 2. The van der Waals surface area contributed by atoms with Gasteiger partial charge in [0.05, 0.1) is 26.4 Å². The third-order valence-corrected chi connectivity index (χ3v) is 9.06. The van der Waals surface area contributed by atoms with E-state index in [2.05, 4.69) is 79.0 Å². The van der Waals surface area contributed by atoms with Gasteiger partial charge in [-0.3, -0.25) is 0 Å². The van der Waals surface area contributed by atoms with Crippen LogP contribution in [-0.2, 0) is 6.54 Å². The summed E-state index contributed by atoms with van der Waals surface area (Å²) < 4.78 is 2.10. The van der Waals surface area contributed by atoms with Gasteiger partial charge in [-0.2, -0.15) is 0 Å². The standard InChI is InChI=1S/C23H22BrClN4S2/c24-19-20-22(17(12-18(25)28-20)27-13-15-8-5-11-30-15)31-23(19)21-16(26)9-4-10-29(21)14-6-2-1-3-7-14/h1-3,5-8,11-12,16,21H,4,9-10,13,26H2,(H,27,28)/t16-,21-/m1/s1. The number of hydrogen-bond acceptors (Lipinski definition) is 6. The molecule has 4 heterocycles. The highest BCUT2D eigenvalue weighted by molar-refractivity contribution is 9.10. The quantitative estimate of drug-likeness (QED) is 0.270. The molecule has 3 aromatic heterocycles. The number of halogens is 2. The predicted octanol–water partition coefficient (Wildman–Crippen LogP) is 7.05. The van der Waals surface area contributed by atoms with Gasteiger partial charge in [0.25, 0.3) is 0 Å². The zero-order valence-electron chi connectivity index (χ0n) is 16.7. The van der Waals surface area contributed by atoms with Crippen molar-refractivity contribution < 1.29 is 0 Å². The SMILES string of the molecule is N[C@@H]1CCCN(c2ccccc2)[C@H]1c1sc2c(NCc3cccs3)cc(Cl)nc2c1Br. The molecule has 1 saturated heterocycles. The van der Waals surface area contributed by atoms with Crippen LogP contribution in [0.25, 0.3) is 10.2 Å². The molecule has 31 heavy (non-hydrogen) atoms. The van der Waals surface area contributed by atoms with E-state index in [0.717, 1.165) is 46.3 Å². The second-order valence-corrected chi connectivity index (χ2v) is 10.9. The van der Waals surface area contributed by atoms with E-state index in [-0.39, 0.29) is 12.1 Å². The van der Waals surface area contributed by atoms with Gasteiger partial charge in [-0.25, -0.2) is 4.98 Å². The summed E-state index contributed by atoms with van der Waals surface area (Å²) >= 11 is 13.8. The Morgan fingerprint density at radius 2 is 2.06 bits per heavy atom. The van der Waals surface area contributed by atoms with Crippen molar-refractivity contribution in [1.29, 1.82) is 0 Å². The number of pyridine rings is 1. The average molecular weight is 534 g/mol. The molecule has 0 unspecified atom stereocenters. The van der Waals surface area contributed by atoms with Crippen LogP contribution < -0.4 is 16.0 Å². The largest absolute Gasteiger partial charge is 0.379 e. The molecule has 5 rings (SSSR count). The first-order chi connectivity index (χ1) is 15.1. The molecule has 0 aliphatic carbocycles. The minimum atomic E-state index is 0.0521. The van der Waals surface area contributed by atoms with Crippen LogP contribution in [0, 0.1) is 0 Å². The Morgan fingerprint density at radius 1 is 1.23 bits per heavy atom. The lowest BCUT2D eigenvalue weighted by molar-refractivity contribution is 0.413. The number of piperidine rings is 1. The maximum absolute atomic E-state index is 6.70. The lowest BCUT2D eigenvalue weighted by Crippen LogP contribution is -2.45. The van der Waals surface area contributed by atoms with Crippen LogP contribution in [0.1, 0.15) is 28.6 Å². The van der Waals surface area contributed by atoms with Crippen LogP contribution >= 0.6 is 50.2 Å². The highest BCUT2D eigenvalue weighted by Gasteiger charge is 2.34. The lowest BCUT2D eigenvalue weighted by atomic mass is 9.95. The summed E-state index contributed by atoms with van der Waals surface area (Å²) in [5.74, 6) is 0. The molecule has 8 heteroatoms.